The molecule has 1 unspecified atom stereocenters. The molecule has 0 aliphatic carbocycles. The molecule has 4 heteroatoms. The van der Waals surface area contributed by atoms with Crippen LogP contribution in [-0.4, -0.2) is 48.2 Å². The maximum Gasteiger partial charge on any atom is 0.335 e. The summed E-state index contributed by atoms with van der Waals surface area (Å²) in [7, 11) is 0. The first kappa shape index (κ1) is 13.9. The summed E-state index contributed by atoms with van der Waals surface area (Å²) in [6, 6.07) is 7.82. The molecule has 104 valence electrons. The number of benzene rings is 1. The van der Waals surface area contributed by atoms with Gasteiger partial charge in [0.1, 0.15) is 0 Å². The zero-order valence-electron chi connectivity index (χ0n) is 11.7. The first-order valence-corrected chi connectivity index (χ1v) is 6.94. The number of carboxylic acids is 1. The maximum atomic E-state index is 10.8. The van der Waals surface area contributed by atoms with Crippen LogP contribution in [0.3, 0.4) is 0 Å². The number of hydrogen-bond donors (Lipinski definition) is 1. The summed E-state index contributed by atoms with van der Waals surface area (Å²) in [6.45, 7) is 8.68. The van der Waals surface area contributed by atoms with E-state index in [1.807, 2.05) is 12.1 Å². The Morgan fingerprint density at radius 2 is 1.79 bits per heavy atom. The highest BCUT2D eigenvalue weighted by Crippen LogP contribution is 2.18. The molecule has 1 fully saturated rings. The lowest BCUT2D eigenvalue weighted by Crippen LogP contribution is -2.49. The summed E-state index contributed by atoms with van der Waals surface area (Å²) >= 11 is 0. The summed E-state index contributed by atoms with van der Waals surface area (Å²) in [5, 5.41) is 8.89. The summed E-state index contributed by atoms with van der Waals surface area (Å²) in [5.74, 6) is -0.867. The third-order valence-corrected chi connectivity index (χ3v) is 4.01. The van der Waals surface area contributed by atoms with Gasteiger partial charge in [0.05, 0.1) is 5.56 Å². The summed E-state index contributed by atoms with van der Waals surface area (Å²) in [5.41, 5.74) is 1.47. The van der Waals surface area contributed by atoms with Crippen LogP contribution in [0.4, 0.5) is 5.69 Å². The third-order valence-electron chi connectivity index (χ3n) is 4.01. The molecular formula is C15H22N2O2. The van der Waals surface area contributed by atoms with E-state index in [2.05, 4.69) is 23.6 Å². The predicted molar refractivity (Wildman–Crippen MR) is 76.9 cm³/mol. The molecule has 1 heterocycles. The van der Waals surface area contributed by atoms with Crippen molar-refractivity contribution in [1.82, 2.24) is 4.90 Å². The molecule has 1 saturated heterocycles. The van der Waals surface area contributed by atoms with Crippen molar-refractivity contribution in [3.63, 3.8) is 0 Å². The first-order valence-electron chi connectivity index (χ1n) is 6.94. The summed E-state index contributed by atoms with van der Waals surface area (Å²) in [4.78, 5) is 15.7. The summed E-state index contributed by atoms with van der Waals surface area (Å²) < 4.78 is 0. The fraction of sp³-hybridized carbons (Fsp3) is 0.533. The number of hydrogen-bond acceptors (Lipinski definition) is 3. The quantitative estimate of drug-likeness (QED) is 0.904. The van der Waals surface area contributed by atoms with Crippen molar-refractivity contribution in [2.24, 2.45) is 0 Å². The minimum atomic E-state index is -0.867. The van der Waals surface area contributed by atoms with E-state index in [-0.39, 0.29) is 0 Å². The molecular weight excluding hydrogens is 240 g/mol. The van der Waals surface area contributed by atoms with Crippen molar-refractivity contribution >= 4 is 11.7 Å². The molecule has 0 saturated carbocycles. The number of aromatic carboxylic acids is 1. The second kappa shape index (κ2) is 6.06. The Bertz CT molecular complexity index is 422. The minimum absolute atomic E-state index is 0.349. The average Bonchev–Trinajstić information content (AvgIpc) is 2.46. The number of carbonyl (C=O) groups is 1. The largest absolute Gasteiger partial charge is 0.478 e. The Morgan fingerprint density at radius 1 is 1.21 bits per heavy atom. The van der Waals surface area contributed by atoms with Gasteiger partial charge in [-0.05, 0) is 37.6 Å². The van der Waals surface area contributed by atoms with E-state index in [1.54, 1.807) is 12.1 Å². The lowest BCUT2D eigenvalue weighted by Gasteiger charge is -2.39. The molecule has 1 N–H and O–H groups in total. The lowest BCUT2D eigenvalue weighted by atomic mass is 10.1. The van der Waals surface area contributed by atoms with Gasteiger partial charge in [-0.3, -0.25) is 4.90 Å². The fourth-order valence-corrected chi connectivity index (χ4v) is 2.49. The number of piperazine rings is 1. The van der Waals surface area contributed by atoms with Gasteiger partial charge in [-0.2, -0.15) is 0 Å². The van der Waals surface area contributed by atoms with Crippen molar-refractivity contribution < 1.29 is 9.90 Å². The van der Waals surface area contributed by atoms with E-state index < -0.39 is 5.97 Å². The molecule has 0 aromatic heterocycles. The molecule has 2 rings (SSSR count). The molecule has 1 aliphatic heterocycles. The van der Waals surface area contributed by atoms with E-state index in [0.29, 0.717) is 11.6 Å². The maximum absolute atomic E-state index is 10.8. The Hall–Kier alpha value is -1.55. The smallest absolute Gasteiger partial charge is 0.335 e. The van der Waals surface area contributed by atoms with Gasteiger partial charge in [-0.25, -0.2) is 4.79 Å². The van der Waals surface area contributed by atoms with Crippen LogP contribution in [-0.2, 0) is 0 Å². The molecule has 1 aliphatic rings. The second-order valence-corrected chi connectivity index (χ2v) is 5.13. The number of rotatable bonds is 4. The van der Waals surface area contributed by atoms with Crippen LogP contribution in [0.15, 0.2) is 24.3 Å². The first-order chi connectivity index (χ1) is 9.11. The van der Waals surface area contributed by atoms with Gasteiger partial charge < -0.3 is 10.0 Å². The van der Waals surface area contributed by atoms with E-state index in [9.17, 15) is 4.79 Å². The van der Waals surface area contributed by atoms with Crippen LogP contribution in [0.2, 0.25) is 0 Å². The number of anilines is 1. The monoisotopic (exact) mass is 262 g/mol. The van der Waals surface area contributed by atoms with Gasteiger partial charge in [0.25, 0.3) is 0 Å². The van der Waals surface area contributed by atoms with E-state index in [0.717, 1.165) is 31.9 Å². The standard InChI is InChI=1S/C15H22N2O2/c1-3-12(2)16-8-10-17(11-9-16)14-6-4-13(5-7-14)15(18)19/h4-7,12H,3,8-11H2,1-2H3,(H,18,19). The zero-order chi connectivity index (χ0) is 13.8. The lowest BCUT2D eigenvalue weighted by molar-refractivity contribution is 0.0697. The van der Waals surface area contributed by atoms with Crippen molar-refractivity contribution in [2.75, 3.05) is 31.1 Å². The van der Waals surface area contributed by atoms with Crippen molar-refractivity contribution in [3.8, 4) is 0 Å². The van der Waals surface area contributed by atoms with Gasteiger partial charge >= 0.3 is 5.97 Å². The minimum Gasteiger partial charge on any atom is -0.478 e. The highest BCUT2D eigenvalue weighted by atomic mass is 16.4. The van der Waals surface area contributed by atoms with E-state index in [4.69, 9.17) is 5.11 Å². The van der Waals surface area contributed by atoms with Gasteiger partial charge in [0, 0.05) is 37.9 Å². The van der Waals surface area contributed by atoms with Crippen LogP contribution in [0, 0.1) is 0 Å². The Balaban J connectivity index is 1.96. The molecule has 19 heavy (non-hydrogen) atoms. The van der Waals surface area contributed by atoms with Gasteiger partial charge in [-0.15, -0.1) is 0 Å². The van der Waals surface area contributed by atoms with Crippen molar-refractivity contribution in [1.29, 1.82) is 0 Å². The number of nitrogens with zero attached hydrogens (tertiary/aromatic N) is 2. The molecule has 0 bridgehead atoms. The number of carboxylic acid groups (broad SMARTS) is 1. The van der Waals surface area contributed by atoms with Crippen LogP contribution in [0.5, 0.6) is 0 Å². The zero-order valence-corrected chi connectivity index (χ0v) is 11.7. The third kappa shape index (κ3) is 3.26. The van der Waals surface area contributed by atoms with E-state index >= 15 is 0 Å². The fourth-order valence-electron chi connectivity index (χ4n) is 2.49. The molecule has 4 nitrogen and oxygen atoms in total. The Kier molecular flexibility index (Phi) is 4.43. The normalized spacial score (nSPS) is 18.3. The van der Waals surface area contributed by atoms with Crippen LogP contribution in [0.1, 0.15) is 30.6 Å². The summed E-state index contributed by atoms with van der Waals surface area (Å²) in [6.07, 6.45) is 1.19. The van der Waals surface area contributed by atoms with Crippen molar-refractivity contribution in [3.05, 3.63) is 29.8 Å². The SMILES string of the molecule is CCC(C)N1CCN(c2ccc(C(=O)O)cc2)CC1. The average molecular weight is 262 g/mol. The topological polar surface area (TPSA) is 43.8 Å². The van der Waals surface area contributed by atoms with Crippen molar-refractivity contribution in [2.45, 2.75) is 26.3 Å². The highest BCUT2D eigenvalue weighted by Gasteiger charge is 2.20. The van der Waals surface area contributed by atoms with Gasteiger partial charge in [0.2, 0.25) is 0 Å². The molecule has 1 aromatic carbocycles. The predicted octanol–water partition coefficient (Wildman–Crippen LogP) is 2.31. The van der Waals surface area contributed by atoms with Gasteiger partial charge in [0.15, 0.2) is 0 Å². The van der Waals surface area contributed by atoms with Crippen LogP contribution in [0.25, 0.3) is 0 Å². The van der Waals surface area contributed by atoms with Crippen LogP contribution >= 0.6 is 0 Å². The second-order valence-electron chi connectivity index (χ2n) is 5.13. The van der Waals surface area contributed by atoms with Crippen LogP contribution < -0.4 is 4.90 Å². The van der Waals surface area contributed by atoms with E-state index in [1.165, 1.54) is 6.42 Å². The molecule has 0 radical (unpaired) electrons. The molecule has 0 amide bonds. The van der Waals surface area contributed by atoms with Gasteiger partial charge in [-0.1, -0.05) is 6.92 Å². The Morgan fingerprint density at radius 3 is 2.26 bits per heavy atom. The molecule has 0 spiro atoms. The molecule has 1 aromatic rings. The highest BCUT2D eigenvalue weighted by molar-refractivity contribution is 5.88. The Labute approximate surface area is 114 Å². The molecule has 1 atom stereocenters.